The molecule has 2 heterocycles. The number of nitrogen functional groups attached to an aromatic ring is 1. The third kappa shape index (κ3) is 3.97. The molecule has 3 rings (SSSR count). The van der Waals surface area contributed by atoms with E-state index in [9.17, 15) is 4.79 Å². The van der Waals surface area contributed by atoms with Crippen LogP contribution in [0.1, 0.15) is 12.1 Å². The van der Waals surface area contributed by atoms with Gasteiger partial charge in [0.25, 0.3) is 5.91 Å². The fourth-order valence-corrected chi connectivity index (χ4v) is 2.69. The number of anilines is 2. The molecule has 6 heteroatoms. The van der Waals surface area contributed by atoms with Crippen LogP contribution in [0.25, 0.3) is 6.08 Å². The van der Waals surface area contributed by atoms with E-state index < -0.39 is 0 Å². The van der Waals surface area contributed by atoms with Crippen LogP contribution in [-0.2, 0) is 4.79 Å². The van der Waals surface area contributed by atoms with E-state index in [0.29, 0.717) is 29.4 Å². The van der Waals surface area contributed by atoms with Crippen molar-refractivity contribution in [3.8, 4) is 5.75 Å². The van der Waals surface area contributed by atoms with Crippen LogP contribution < -0.4 is 15.4 Å². The zero-order valence-corrected chi connectivity index (χ0v) is 14.5. The Morgan fingerprint density at radius 3 is 2.84 bits per heavy atom. The molecule has 0 radical (unpaired) electrons. The largest absolute Gasteiger partial charge is 0.449 e. The Kier molecular flexibility index (Phi) is 5.00. The molecule has 1 amide bonds. The standard InChI is InChI=1S/C19H22N4O2/c1-22(2)10-5-11-23-16-12-14(20)7-8-17(16)25-18(19(23)24)13-15-6-3-4-9-21-15/h3-4,6-9,12-13H,5,10-11,20H2,1-2H3/b18-13+. The molecular formula is C19H22N4O2. The molecular weight excluding hydrogens is 316 g/mol. The lowest BCUT2D eigenvalue weighted by Crippen LogP contribution is -2.39. The topological polar surface area (TPSA) is 71.7 Å². The van der Waals surface area contributed by atoms with Crippen molar-refractivity contribution in [3.63, 3.8) is 0 Å². The molecule has 1 aliphatic rings. The maximum atomic E-state index is 12.9. The molecule has 0 bridgehead atoms. The van der Waals surface area contributed by atoms with Crippen molar-refractivity contribution in [2.24, 2.45) is 0 Å². The molecule has 0 unspecified atom stereocenters. The van der Waals surface area contributed by atoms with Gasteiger partial charge in [-0.25, -0.2) is 0 Å². The normalized spacial score (nSPS) is 15.4. The van der Waals surface area contributed by atoms with E-state index in [2.05, 4.69) is 9.88 Å². The number of rotatable bonds is 5. The van der Waals surface area contributed by atoms with Gasteiger partial charge in [0.2, 0.25) is 0 Å². The minimum absolute atomic E-state index is 0.178. The average Bonchev–Trinajstić information content (AvgIpc) is 2.59. The highest BCUT2D eigenvalue weighted by Gasteiger charge is 2.30. The first-order chi connectivity index (χ1) is 12.0. The molecule has 1 aromatic carbocycles. The lowest BCUT2D eigenvalue weighted by molar-refractivity contribution is -0.117. The van der Waals surface area contributed by atoms with Crippen LogP contribution in [0.3, 0.4) is 0 Å². The van der Waals surface area contributed by atoms with Gasteiger partial charge in [-0.1, -0.05) is 6.07 Å². The van der Waals surface area contributed by atoms with E-state index in [4.69, 9.17) is 10.5 Å². The number of aromatic nitrogens is 1. The molecule has 0 aliphatic carbocycles. The lowest BCUT2D eigenvalue weighted by atomic mass is 10.1. The van der Waals surface area contributed by atoms with Crippen molar-refractivity contribution >= 4 is 23.4 Å². The Bertz CT molecular complexity index is 787. The number of pyridine rings is 1. The van der Waals surface area contributed by atoms with Gasteiger partial charge < -0.3 is 20.3 Å². The zero-order chi connectivity index (χ0) is 17.8. The number of benzene rings is 1. The second-order valence-corrected chi connectivity index (χ2v) is 6.21. The van der Waals surface area contributed by atoms with Gasteiger partial charge in [0.05, 0.1) is 11.4 Å². The smallest absolute Gasteiger partial charge is 0.294 e. The summed E-state index contributed by atoms with van der Waals surface area (Å²) in [6.45, 7) is 1.48. The van der Waals surface area contributed by atoms with Crippen molar-refractivity contribution in [3.05, 3.63) is 54.0 Å². The van der Waals surface area contributed by atoms with Gasteiger partial charge in [0, 0.05) is 24.5 Å². The predicted octanol–water partition coefficient (Wildman–Crippen LogP) is 2.38. The maximum Gasteiger partial charge on any atom is 0.294 e. The Labute approximate surface area is 147 Å². The quantitative estimate of drug-likeness (QED) is 0.669. The Morgan fingerprint density at radius 2 is 2.12 bits per heavy atom. The summed E-state index contributed by atoms with van der Waals surface area (Å²) in [6, 6.07) is 10.9. The SMILES string of the molecule is CN(C)CCCN1C(=O)/C(=C\c2ccccn2)Oc2ccc(N)cc21. The fraction of sp³-hybridized carbons (Fsp3) is 0.263. The summed E-state index contributed by atoms with van der Waals surface area (Å²) in [5.74, 6) is 0.712. The number of nitrogens with two attached hydrogens (primary N) is 1. The van der Waals surface area contributed by atoms with Gasteiger partial charge in [0.15, 0.2) is 11.5 Å². The minimum Gasteiger partial charge on any atom is -0.449 e. The van der Waals surface area contributed by atoms with Crippen molar-refractivity contribution in [2.75, 3.05) is 37.8 Å². The van der Waals surface area contributed by atoms with Crippen LogP contribution >= 0.6 is 0 Å². The number of carbonyl (C=O) groups is 1. The summed E-state index contributed by atoms with van der Waals surface area (Å²) < 4.78 is 5.82. The molecule has 0 atom stereocenters. The summed E-state index contributed by atoms with van der Waals surface area (Å²) in [5, 5.41) is 0. The molecule has 25 heavy (non-hydrogen) atoms. The van der Waals surface area contributed by atoms with E-state index in [0.717, 1.165) is 13.0 Å². The molecule has 1 aliphatic heterocycles. The van der Waals surface area contributed by atoms with Crippen molar-refractivity contribution < 1.29 is 9.53 Å². The number of fused-ring (bicyclic) bond motifs is 1. The highest BCUT2D eigenvalue weighted by atomic mass is 16.5. The molecule has 0 spiro atoms. The van der Waals surface area contributed by atoms with Crippen molar-refractivity contribution in [1.29, 1.82) is 0 Å². The average molecular weight is 338 g/mol. The van der Waals surface area contributed by atoms with Gasteiger partial charge >= 0.3 is 0 Å². The first-order valence-corrected chi connectivity index (χ1v) is 8.21. The van der Waals surface area contributed by atoms with Crippen LogP contribution in [0.4, 0.5) is 11.4 Å². The number of carbonyl (C=O) groups excluding carboxylic acids is 1. The lowest BCUT2D eigenvalue weighted by Gasteiger charge is -2.31. The summed E-state index contributed by atoms with van der Waals surface area (Å²) in [6.07, 6.45) is 4.20. The molecule has 1 aromatic heterocycles. The second-order valence-electron chi connectivity index (χ2n) is 6.21. The Balaban J connectivity index is 1.93. The molecule has 6 nitrogen and oxygen atoms in total. The Morgan fingerprint density at radius 1 is 1.28 bits per heavy atom. The monoisotopic (exact) mass is 338 g/mol. The number of nitrogens with zero attached hydrogens (tertiary/aromatic N) is 3. The summed E-state index contributed by atoms with van der Waals surface area (Å²) in [7, 11) is 4.03. The fourth-order valence-electron chi connectivity index (χ4n) is 2.69. The molecule has 0 saturated heterocycles. The predicted molar refractivity (Wildman–Crippen MR) is 99.2 cm³/mol. The third-order valence-corrected chi connectivity index (χ3v) is 3.90. The summed E-state index contributed by atoms with van der Waals surface area (Å²) in [5.41, 5.74) is 7.89. The molecule has 2 aromatic rings. The van der Waals surface area contributed by atoms with E-state index in [-0.39, 0.29) is 11.7 Å². The second kappa shape index (κ2) is 7.36. The highest BCUT2D eigenvalue weighted by molar-refractivity contribution is 6.10. The van der Waals surface area contributed by atoms with E-state index in [1.807, 2.05) is 32.3 Å². The zero-order valence-electron chi connectivity index (χ0n) is 14.5. The highest BCUT2D eigenvalue weighted by Crippen LogP contribution is 2.37. The number of hydrogen-bond donors (Lipinski definition) is 1. The number of amides is 1. The van der Waals surface area contributed by atoms with E-state index >= 15 is 0 Å². The van der Waals surface area contributed by atoms with Gasteiger partial charge in [-0.15, -0.1) is 0 Å². The molecule has 0 fully saturated rings. The first-order valence-electron chi connectivity index (χ1n) is 8.21. The van der Waals surface area contributed by atoms with Crippen LogP contribution in [0.5, 0.6) is 5.75 Å². The third-order valence-electron chi connectivity index (χ3n) is 3.90. The van der Waals surface area contributed by atoms with Crippen LogP contribution in [0.15, 0.2) is 48.4 Å². The van der Waals surface area contributed by atoms with Crippen LogP contribution in [0.2, 0.25) is 0 Å². The Hall–Kier alpha value is -2.86. The van der Waals surface area contributed by atoms with Gasteiger partial charge in [-0.3, -0.25) is 9.78 Å². The molecule has 2 N–H and O–H groups in total. The van der Waals surface area contributed by atoms with Crippen molar-refractivity contribution in [2.45, 2.75) is 6.42 Å². The minimum atomic E-state index is -0.178. The van der Waals surface area contributed by atoms with Gasteiger partial charge in [-0.05, 0) is 57.4 Å². The number of hydrogen-bond acceptors (Lipinski definition) is 5. The van der Waals surface area contributed by atoms with Crippen LogP contribution in [0, 0.1) is 0 Å². The molecule has 0 saturated carbocycles. The van der Waals surface area contributed by atoms with Crippen LogP contribution in [-0.4, -0.2) is 43.0 Å². The van der Waals surface area contributed by atoms with Gasteiger partial charge in [0.1, 0.15) is 0 Å². The first kappa shape index (κ1) is 17.0. The summed E-state index contributed by atoms with van der Waals surface area (Å²) in [4.78, 5) is 21.0. The summed E-state index contributed by atoms with van der Waals surface area (Å²) >= 11 is 0. The molecule has 130 valence electrons. The van der Waals surface area contributed by atoms with E-state index in [1.165, 1.54) is 0 Å². The van der Waals surface area contributed by atoms with E-state index in [1.54, 1.807) is 35.4 Å². The maximum absolute atomic E-state index is 12.9. The van der Waals surface area contributed by atoms with Crippen molar-refractivity contribution in [1.82, 2.24) is 9.88 Å². The van der Waals surface area contributed by atoms with Gasteiger partial charge in [-0.2, -0.15) is 0 Å². The number of ether oxygens (including phenoxy) is 1.